The molecule has 0 saturated heterocycles. The van der Waals surface area contributed by atoms with E-state index < -0.39 is 162 Å². The normalized spacial score (nSPS) is 15.6. The van der Waals surface area contributed by atoms with Crippen molar-refractivity contribution in [3.63, 3.8) is 0 Å². The summed E-state index contributed by atoms with van der Waals surface area (Å²) in [7, 11) is -14.3. The van der Waals surface area contributed by atoms with Crippen molar-refractivity contribution in [2.24, 2.45) is 0 Å². The molecule has 4 atom stereocenters. The van der Waals surface area contributed by atoms with Crippen molar-refractivity contribution in [3.8, 4) is 39.4 Å². The van der Waals surface area contributed by atoms with Crippen LogP contribution in [-0.4, -0.2) is 138 Å². The first-order valence-corrected chi connectivity index (χ1v) is 30.6. The number of alkyl halides is 22. The monoisotopic (exact) mass is 1470 g/mol. The van der Waals surface area contributed by atoms with Gasteiger partial charge in [0.1, 0.15) is 60.7 Å². The van der Waals surface area contributed by atoms with E-state index in [0.717, 1.165) is 68.8 Å². The second-order valence-corrected chi connectivity index (χ2v) is 26.1. The quantitative estimate of drug-likeness (QED) is 0.0269. The molecule has 0 aliphatic carbocycles. The summed E-state index contributed by atoms with van der Waals surface area (Å²) in [5.74, 6) is -2.62. The van der Waals surface area contributed by atoms with Crippen LogP contribution in [0.25, 0.3) is 25.1 Å². The highest BCUT2D eigenvalue weighted by Gasteiger charge is 2.75. The van der Waals surface area contributed by atoms with E-state index in [1.54, 1.807) is 36.4 Å². The fourth-order valence-electron chi connectivity index (χ4n) is 8.49. The van der Waals surface area contributed by atoms with Gasteiger partial charge in [-0.2, -0.15) is 96.6 Å². The summed E-state index contributed by atoms with van der Waals surface area (Å²) in [4.78, 5) is 1.32. The minimum atomic E-state index is -6.81. The number of methoxy groups -OCH3 is 2. The number of hydrogen-bond acceptors (Lipinski definition) is 15. The predicted molar refractivity (Wildman–Crippen MR) is 284 cm³/mol. The van der Waals surface area contributed by atoms with Gasteiger partial charge in [0.15, 0.2) is 50.9 Å². The van der Waals surface area contributed by atoms with Crippen LogP contribution in [0.4, 0.5) is 96.6 Å². The van der Waals surface area contributed by atoms with Crippen molar-refractivity contribution in [1.82, 2.24) is 0 Å². The van der Waals surface area contributed by atoms with Gasteiger partial charge in [0.05, 0.1) is 5.39 Å². The minimum Gasteiger partial charge on any atom is -0.743 e. The Morgan fingerprint density at radius 2 is 0.811 bits per heavy atom. The van der Waals surface area contributed by atoms with Crippen molar-refractivity contribution < 1.29 is 165 Å². The molecule has 6 aromatic carbocycles. The van der Waals surface area contributed by atoms with Crippen molar-refractivity contribution in [3.05, 3.63) is 133 Å². The lowest BCUT2D eigenvalue weighted by molar-refractivity contribution is -0.397. The van der Waals surface area contributed by atoms with Gasteiger partial charge in [0.2, 0.25) is 9.79 Å². The zero-order valence-corrected chi connectivity index (χ0v) is 50.0. The highest BCUT2D eigenvalue weighted by molar-refractivity contribution is 7.97. The molecule has 0 N–H and O–H groups in total. The Hall–Kier alpha value is -6.99. The fourth-order valence-corrected chi connectivity index (χ4v) is 13.9. The van der Waals surface area contributed by atoms with Crippen LogP contribution < -0.4 is 23.7 Å². The molecule has 0 amide bonds. The molecule has 4 unspecified atom stereocenters. The number of halogens is 22. The number of benzene rings is 6. The second-order valence-electron chi connectivity index (χ2n) is 19.3. The van der Waals surface area contributed by atoms with E-state index in [4.69, 9.17) is 14.2 Å². The van der Waals surface area contributed by atoms with Crippen LogP contribution in [0.15, 0.2) is 148 Å². The molecule has 522 valence electrons. The van der Waals surface area contributed by atoms with Crippen LogP contribution in [-0.2, 0) is 50.1 Å². The molecule has 95 heavy (non-hydrogen) atoms. The van der Waals surface area contributed by atoms with Crippen LogP contribution >= 0.6 is 10.5 Å². The zero-order chi connectivity index (χ0) is 71.1. The smallest absolute Gasteiger partial charge is 0.432 e. The number of hydrogen-bond donors (Lipinski definition) is 0. The van der Waals surface area contributed by atoms with Gasteiger partial charge in [-0.05, 0) is 78.9 Å². The Kier molecular flexibility index (Phi) is 21.5. The molecule has 0 saturated carbocycles. The first-order chi connectivity index (χ1) is 43.6. The summed E-state index contributed by atoms with van der Waals surface area (Å²) in [5, 5.41) is -11.0. The van der Waals surface area contributed by atoms with E-state index in [0.29, 0.717) is 30.0 Å². The van der Waals surface area contributed by atoms with Gasteiger partial charge in [0.25, 0.3) is 23.4 Å². The third-order valence-electron chi connectivity index (χ3n) is 13.1. The number of ether oxygens (including phenoxy) is 9. The molecule has 0 spiro atoms. The minimum absolute atomic E-state index is 0.102. The van der Waals surface area contributed by atoms with Crippen LogP contribution in [0.5, 0.6) is 34.5 Å². The van der Waals surface area contributed by atoms with Crippen LogP contribution in [0.1, 0.15) is 0 Å². The third kappa shape index (κ3) is 15.6. The molecule has 41 heteroatoms. The average Bonchev–Trinajstić information content (AvgIpc) is 1.30. The molecule has 1 aromatic heterocycles. The lowest BCUT2D eigenvalue weighted by Crippen LogP contribution is -2.62. The summed E-state index contributed by atoms with van der Waals surface area (Å²) in [6.45, 7) is -6.83. The Balaban J connectivity index is 0.000000269. The SMILES string of the molecule is COCOC(COc1ccc2c(c1)Oc1ccccc1[S+]2c1ccc(OC(C(F)(F)F)C(F)(F)S(=O)(=O)[O-])cc1)(C(F)(F)F)C(F)(F)F.COCOC(COc1ccc2c(c1)c1ccccc1[s+]2-c1ccc(OC(C(F)(F)F)C(F)(F)S(=O)(=O)[O-])cc1)(C(F)(F)F)C(F)(F)F. The van der Waals surface area contributed by atoms with Gasteiger partial charge in [-0.1, -0.05) is 24.3 Å². The first-order valence-electron chi connectivity index (χ1n) is 25.3. The lowest BCUT2D eigenvalue weighted by atomic mass is 10.0. The van der Waals surface area contributed by atoms with Gasteiger partial charge in [0, 0.05) is 60.4 Å². The third-order valence-corrected chi connectivity index (χ3v) is 19.4. The summed E-state index contributed by atoms with van der Waals surface area (Å²) in [5.41, 5.74) is -9.52. The molecule has 2 heterocycles. The maximum absolute atomic E-state index is 13.9. The molecular formula is C54H38F22O15S4. The van der Waals surface area contributed by atoms with Gasteiger partial charge < -0.3 is 51.7 Å². The molecule has 1 aliphatic rings. The highest BCUT2D eigenvalue weighted by atomic mass is 32.2. The van der Waals surface area contributed by atoms with E-state index in [2.05, 4.69) is 28.4 Å². The number of rotatable bonds is 22. The Labute approximate surface area is 524 Å². The summed E-state index contributed by atoms with van der Waals surface area (Å²) < 4.78 is 407. The molecule has 1 aliphatic heterocycles. The maximum atomic E-state index is 13.9. The molecule has 15 nitrogen and oxygen atoms in total. The molecule has 7 aromatic rings. The van der Waals surface area contributed by atoms with Crippen LogP contribution in [0.2, 0.25) is 0 Å². The van der Waals surface area contributed by atoms with E-state index in [1.165, 1.54) is 42.5 Å². The molecule has 0 radical (unpaired) electrons. The van der Waals surface area contributed by atoms with E-state index in [1.807, 2.05) is 0 Å². The molecular weight excluding hydrogens is 1430 g/mol. The highest BCUT2D eigenvalue weighted by Crippen LogP contribution is 2.53. The van der Waals surface area contributed by atoms with Crippen LogP contribution in [0.3, 0.4) is 0 Å². The van der Waals surface area contributed by atoms with Crippen molar-refractivity contribution in [2.45, 2.75) is 85.7 Å². The van der Waals surface area contributed by atoms with Crippen molar-refractivity contribution >= 4 is 61.8 Å². The van der Waals surface area contributed by atoms with Gasteiger partial charge in [-0.3, -0.25) is 0 Å². The first kappa shape index (κ1) is 75.4. The van der Waals surface area contributed by atoms with E-state index >= 15 is 0 Å². The summed E-state index contributed by atoms with van der Waals surface area (Å²) in [6, 6.07) is 27.2. The lowest BCUT2D eigenvalue weighted by Gasteiger charge is -2.36. The second kappa shape index (κ2) is 27.1. The molecule has 0 bridgehead atoms. The molecule has 8 rings (SSSR count). The summed E-state index contributed by atoms with van der Waals surface area (Å²) >= 11 is 0. The topological polar surface area (TPSA) is 197 Å². The van der Waals surface area contributed by atoms with Gasteiger partial charge in [-0.15, -0.1) is 0 Å². The van der Waals surface area contributed by atoms with Crippen molar-refractivity contribution in [1.29, 1.82) is 0 Å². The van der Waals surface area contributed by atoms with Crippen LogP contribution in [0, 0.1) is 0 Å². The predicted octanol–water partition coefficient (Wildman–Crippen LogP) is 15.2. The Morgan fingerprint density at radius 3 is 1.24 bits per heavy atom. The molecule has 0 fully saturated rings. The van der Waals surface area contributed by atoms with E-state index in [-0.39, 0.29) is 21.3 Å². The Morgan fingerprint density at radius 1 is 0.432 bits per heavy atom. The van der Waals surface area contributed by atoms with Gasteiger partial charge in [-0.25, -0.2) is 16.8 Å². The van der Waals surface area contributed by atoms with Gasteiger partial charge >= 0.3 is 47.6 Å². The largest absolute Gasteiger partial charge is 0.743 e. The van der Waals surface area contributed by atoms with Crippen molar-refractivity contribution in [2.75, 3.05) is 41.0 Å². The summed E-state index contributed by atoms with van der Waals surface area (Å²) in [6.07, 6.45) is -44.5. The Bertz CT molecular complexity index is 4040. The number of thiophene rings is 1. The fraction of sp³-hybridized carbons (Fsp3) is 0.333. The average molecular weight is 1470 g/mol. The zero-order valence-electron chi connectivity index (χ0n) is 46.8. The van der Waals surface area contributed by atoms with E-state index in [9.17, 15) is 123 Å². The number of para-hydroxylation sites is 1. The number of fused-ring (bicyclic) bond motifs is 5. The maximum Gasteiger partial charge on any atom is 0.432 e. The standard InChI is InChI=1S/C27H19F11O8S2.C27H19F11O7S2/c1-42-14-44-23(26(33,34)35,27(36,37)38)13-43-16-8-11-21-19(12-16)46-18-4-2-3-5-20(18)47(21)17-9-6-15(7-10-17)45-22(24(28,29)30)25(31,32)48(39,40)41;1-42-14-44-23(26(33,34)35,27(36,37)38)13-43-16-8-11-21-19(12-16)18-4-2-3-5-20(18)46(21)17-9-6-15(7-10-17)45-22(24(28,29)30)25(31,32)47(39,40)41/h2-12,22H,13-14H2,1H3;2-12,22H,13-14H2,1H3.